The third kappa shape index (κ3) is 5.06. The van der Waals surface area contributed by atoms with Crippen LogP contribution >= 0.6 is 0 Å². The summed E-state index contributed by atoms with van der Waals surface area (Å²) in [5, 5.41) is 16.4. The van der Waals surface area contributed by atoms with Crippen LogP contribution in [0, 0.1) is 0 Å². The second-order valence-electron chi connectivity index (χ2n) is 6.36. The fourth-order valence-electron chi connectivity index (χ4n) is 3.13. The fraction of sp³-hybridized carbons (Fsp3) is 0.474. The first-order valence-electron chi connectivity index (χ1n) is 9.13. The van der Waals surface area contributed by atoms with Gasteiger partial charge in [-0.2, -0.15) is 0 Å². The van der Waals surface area contributed by atoms with Gasteiger partial charge in [0.25, 0.3) is 0 Å². The summed E-state index contributed by atoms with van der Waals surface area (Å²) in [4.78, 5) is 23.4. The summed E-state index contributed by atoms with van der Waals surface area (Å²) in [5.74, 6) is -0.463. The van der Waals surface area contributed by atoms with Crippen LogP contribution in [-0.4, -0.2) is 61.1 Å². The molecule has 146 valence electrons. The summed E-state index contributed by atoms with van der Waals surface area (Å²) in [6.45, 7) is 2.47. The van der Waals surface area contributed by atoms with Crippen LogP contribution in [0.25, 0.3) is 10.8 Å². The zero-order valence-corrected chi connectivity index (χ0v) is 15.1. The first kappa shape index (κ1) is 19.3. The van der Waals surface area contributed by atoms with Crippen LogP contribution in [0.3, 0.4) is 0 Å². The van der Waals surface area contributed by atoms with Crippen LogP contribution in [0.5, 0.6) is 0 Å². The van der Waals surface area contributed by atoms with E-state index in [-0.39, 0.29) is 24.5 Å². The average molecular weight is 375 g/mol. The summed E-state index contributed by atoms with van der Waals surface area (Å²) < 4.78 is 12.5. The first-order chi connectivity index (χ1) is 13.2. The summed E-state index contributed by atoms with van der Waals surface area (Å²) in [6.07, 6.45) is 4.76. The predicted octanol–water partition coefficient (Wildman–Crippen LogP) is 1.06. The van der Waals surface area contributed by atoms with Crippen LogP contribution in [0.2, 0.25) is 0 Å². The van der Waals surface area contributed by atoms with Gasteiger partial charge in [-0.05, 0) is 12.5 Å². The van der Waals surface area contributed by atoms with Crippen LogP contribution in [-0.2, 0) is 19.1 Å². The zero-order valence-electron chi connectivity index (χ0n) is 15.1. The van der Waals surface area contributed by atoms with E-state index in [2.05, 4.69) is 10.6 Å². The molecule has 1 aromatic heterocycles. The molecule has 3 rings (SSSR count). The Morgan fingerprint density at radius 2 is 1.96 bits per heavy atom. The molecule has 1 saturated heterocycles. The van der Waals surface area contributed by atoms with E-state index in [1.165, 1.54) is 0 Å². The topological polar surface area (TPSA) is 102 Å². The minimum atomic E-state index is -0.356. The third-order valence-electron chi connectivity index (χ3n) is 4.45. The van der Waals surface area contributed by atoms with E-state index in [1.807, 2.05) is 35.2 Å². The molecule has 0 saturated carbocycles. The van der Waals surface area contributed by atoms with Crippen LogP contribution in [0.1, 0.15) is 18.9 Å². The third-order valence-corrected chi connectivity index (χ3v) is 4.45. The molecule has 0 spiro atoms. The number of amides is 2. The number of carbonyl (C=O) groups excluding carboxylic acids is 2. The number of nitrogens with zero attached hydrogens (tertiary/aromatic N) is 1. The van der Waals surface area contributed by atoms with Crippen molar-refractivity contribution in [1.82, 2.24) is 9.88 Å². The Labute approximate surface area is 157 Å². The Morgan fingerprint density at radius 1 is 1.15 bits per heavy atom. The highest BCUT2D eigenvalue weighted by atomic mass is 16.5. The van der Waals surface area contributed by atoms with Crippen LogP contribution in [0.15, 0.2) is 30.6 Å². The van der Waals surface area contributed by atoms with Gasteiger partial charge in [0.15, 0.2) is 0 Å². The Morgan fingerprint density at radius 3 is 2.74 bits per heavy atom. The van der Waals surface area contributed by atoms with Crippen molar-refractivity contribution >= 4 is 28.3 Å². The Bertz CT molecular complexity index is 789. The number of carbonyl (C=O) groups is 2. The molecule has 1 atom stereocenters. The smallest absolute Gasteiger partial charge is 0.249 e. The number of hydrogen-bond donors (Lipinski definition) is 3. The molecule has 27 heavy (non-hydrogen) atoms. The van der Waals surface area contributed by atoms with E-state index in [0.29, 0.717) is 45.8 Å². The molecule has 2 aromatic rings. The predicted molar refractivity (Wildman–Crippen MR) is 101 cm³/mol. The van der Waals surface area contributed by atoms with Crippen LogP contribution < -0.4 is 10.6 Å². The van der Waals surface area contributed by atoms with Crippen molar-refractivity contribution in [3.05, 3.63) is 30.6 Å². The second-order valence-corrected chi connectivity index (χ2v) is 6.36. The summed E-state index contributed by atoms with van der Waals surface area (Å²) in [5.41, 5.74) is 0.971. The van der Waals surface area contributed by atoms with Gasteiger partial charge in [-0.1, -0.05) is 12.1 Å². The highest BCUT2D eigenvalue weighted by molar-refractivity contribution is 6.00. The first-order valence-corrected chi connectivity index (χ1v) is 9.13. The molecule has 0 aliphatic carbocycles. The number of benzene rings is 1. The lowest BCUT2D eigenvalue weighted by molar-refractivity contribution is -0.135. The molecule has 8 heteroatoms. The van der Waals surface area contributed by atoms with Gasteiger partial charge in [-0.3, -0.25) is 14.9 Å². The number of fused-ring (bicyclic) bond motifs is 1. The van der Waals surface area contributed by atoms with E-state index >= 15 is 0 Å². The lowest BCUT2D eigenvalue weighted by Crippen LogP contribution is -2.41. The van der Waals surface area contributed by atoms with Crippen molar-refractivity contribution in [2.45, 2.75) is 18.9 Å². The van der Waals surface area contributed by atoms with Crippen molar-refractivity contribution in [1.29, 1.82) is 0 Å². The standard InChI is InChI=1S/C19H25N3O5/c23-7-9-27-11-10-26-8-6-20-16-3-1-2-14-12-22(13-15(14)16)17-4-5-18(24)21-19(17)25/h1-3,12-13,17,20,23H,4-11H2,(H,21,24,25). The Balaban J connectivity index is 1.56. The molecule has 1 unspecified atom stereocenters. The number of piperidine rings is 1. The number of aliphatic hydroxyl groups excluding tert-OH is 1. The number of ether oxygens (including phenoxy) is 2. The summed E-state index contributed by atoms with van der Waals surface area (Å²) in [7, 11) is 0. The molecule has 3 N–H and O–H groups in total. The summed E-state index contributed by atoms with van der Waals surface area (Å²) in [6, 6.07) is 5.59. The molecule has 1 fully saturated rings. The van der Waals surface area contributed by atoms with Crippen molar-refractivity contribution in [2.24, 2.45) is 0 Å². The number of nitrogens with one attached hydrogen (secondary N) is 2. The maximum absolute atomic E-state index is 12.1. The Hall–Kier alpha value is -2.42. The molecule has 8 nitrogen and oxygen atoms in total. The van der Waals surface area contributed by atoms with Gasteiger partial charge in [0.2, 0.25) is 11.8 Å². The van der Waals surface area contributed by atoms with E-state index in [9.17, 15) is 9.59 Å². The molecule has 1 aliphatic heterocycles. The van der Waals surface area contributed by atoms with E-state index < -0.39 is 0 Å². The lowest BCUT2D eigenvalue weighted by atomic mass is 10.1. The minimum absolute atomic E-state index is 0.0179. The SMILES string of the molecule is O=C1CCC(n2cc3cccc(NCCOCCOCCO)c3c2)C(=O)N1. The maximum atomic E-state index is 12.1. The van der Waals surface area contributed by atoms with Gasteiger partial charge in [-0.25, -0.2) is 0 Å². The highest BCUT2D eigenvalue weighted by Gasteiger charge is 2.27. The molecule has 2 amide bonds. The quantitative estimate of drug-likeness (QED) is 0.424. The lowest BCUT2D eigenvalue weighted by Gasteiger charge is -2.22. The number of hydrogen-bond acceptors (Lipinski definition) is 6. The van der Waals surface area contributed by atoms with E-state index in [4.69, 9.17) is 14.6 Å². The van der Waals surface area contributed by atoms with Crippen molar-refractivity contribution in [3.8, 4) is 0 Å². The molecule has 1 aliphatic rings. The zero-order chi connectivity index (χ0) is 19.1. The molecule has 0 radical (unpaired) electrons. The van der Waals surface area contributed by atoms with Crippen LogP contribution in [0.4, 0.5) is 5.69 Å². The number of anilines is 1. The molecule has 2 heterocycles. The number of aromatic nitrogens is 1. The number of imide groups is 1. The molecular weight excluding hydrogens is 350 g/mol. The van der Waals surface area contributed by atoms with Crippen molar-refractivity contribution in [3.63, 3.8) is 0 Å². The van der Waals surface area contributed by atoms with Gasteiger partial charge < -0.3 is 24.5 Å². The normalized spacial score (nSPS) is 17.3. The number of aliphatic hydroxyl groups is 1. The summed E-state index contributed by atoms with van der Waals surface area (Å²) >= 11 is 0. The van der Waals surface area contributed by atoms with Crippen molar-refractivity contribution in [2.75, 3.05) is 44.9 Å². The maximum Gasteiger partial charge on any atom is 0.249 e. The van der Waals surface area contributed by atoms with Gasteiger partial charge in [0.1, 0.15) is 6.04 Å². The van der Waals surface area contributed by atoms with Crippen molar-refractivity contribution < 1.29 is 24.2 Å². The molecule has 0 bridgehead atoms. The highest BCUT2D eigenvalue weighted by Crippen LogP contribution is 2.28. The largest absolute Gasteiger partial charge is 0.394 e. The second kappa shape index (κ2) is 9.50. The molecule has 1 aromatic carbocycles. The minimum Gasteiger partial charge on any atom is -0.394 e. The van der Waals surface area contributed by atoms with Gasteiger partial charge >= 0.3 is 0 Å². The van der Waals surface area contributed by atoms with Gasteiger partial charge in [0, 0.05) is 41.8 Å². The molecular formula is C19H25N3O5. The average Bonchev–Trinajstić information content (AvgIpc) is 3.08. The van der Waals surface area contributed by atoms with E-state index in [0.717, 1.165) is 16.5 Å². The fourth-order valence-corrected chi connectivity index (χ4v) is 3.13. The van der Waals surface area contributed by atoms with E-state index in [1.54, 1.807) is 0 Å². The monoisotopic (exact) mass is 375 g/mol. The van der Waals surface area contributed by atoms with Gasteiger partial charge in [0.05, 0.1) is 33.0 Å². The van der Waals surface area contributed by atoms with Gasteiger partial charge in [-0.15, -0.1) is 0 Å². The number of rotatable bonds is 10. The Kier molecular flexibility index (Phi) is 6.80.